The van der Waals surface area contributed by atoms with Crippen molar-refractivity contribution in [1.82, 2.24) is 5.32 Å². The molecule has 2 aromatic rings. The second-order valence-corrected chi connectivity index (χ2v) is 6.14. The Hall–Kier alpha value is -2.86. The van der Waals surface area contributed by atoms with Crippen LogP contribution >= 0.6 is 0 Å². The van der Waals surface area contributed by atoms with Crippen LogP contribution < -0.4 is 15.5 Å². The van der Waals surface area contributed by atoms with Crippen LogP contribution in [0.25, 0.3) is 0 Å². The number of para-hydroxylation sites is 1. The number of fused-ring (bicyclic) bond motifs is 1. The van der Waals surface area contributed by atoms with Crippen LogP contribution in [0.3, 0.4) is 0 Å². The van der Waals surface area contributed by atoms with Gasteiger partial charge in [-0.15, -0.1) is 0 Å². The highest BCUT2D eigenvalue weighted by atomic mass is 16.5. The van der Waals surface area contributed by atoms with Crippen molar-refractivity contribution in [2.24, 2.45) is 0 Å². The van der Waals surface area contributed by atoms with Crippen molar-refractivity contribution in [2.75, 3.05) is 30.0 Å². The number of hydrogen-bond donors (Lipinski definition) is 2. The van der Waals surface area contributed by atoms with E-state index in [-0.39, 0.29) is 5.91 Å². The number of nitrogens with one attached hydrogen (secondary N) is 2. The molecule has 1 atom stereocenters. The molecule has 1 unspecified atom stereocenters. The van der Waals surface area contributed by atoms with Gasteiger partial charge in [0.1, 0.15) is 6.04 Å². The van der Waals surface area contributed by atoms with Crippen LogP contribution in [0, 0.1) is 6.92 Å². The number of nitrogens with zero attached hydrogens (tertiary/aromatic N) is 1. The lowest BCUT2D eigenvalue weighted by Gasteiger charge is -2.18. The van der Waals surface area contributed by atoms with E-state index in [0.29, 0.717) is 25.4 Å². The molecular formula is C20H23N3O3. The minimum absolute atomic E-state index is 0.148. The standard InChI is InChI=1S/C20H23N3O3/c1-3-26-13-12-23-17-7-5-4-6-16(17)18(19(23)24)22-20(25)21-15-10-8-14(2)9-11-15/h4-11,18H,3,12-13H2,1-2H3,(H2,21,22,25). The number of carbonyl (C=O) groups is 2. The van der Waals surface area contributed by atoms with Crippen LogP contribution in [0.4, 0.5) is 16.2 Å². The van der Waals surface area contributed by atoms with Crippen molar-refractivity contribution in [3.8, 4) is 0 Å². The van der Waals surface area contributed by atoms with Crippen LogP contribution in [0.5, 0.6) is 0 Å². The average molecular weight is 353 g/mol. The van der Waals surface area contributed by atoms with Crippen LogP contribution in [-0.4, -0.2) is 31.7 Å². The number of amides is 3. The molecule has 3 rings (SSSR count). The van der Waals surface area contributed by atoms with Gasteiger partial charge in [0.05, 0.1) is 6.61 Å². The zero-order chi connectivity index (χ0) is 18.5. The lowest BCUT2D eigenvalue weighted by Crippen LogP contribution is -2.40. The van der Waals surface area contributed by atoms with Crippen molar-refractivity contribution in [3.63, 3.8) is 0 Å². The SMILES string of the molecule is CCOCCN1C(=O)C(NC(=O)Nc2ccc(C)cc2)c2ccccc21. The summed E-state index contributed by atoms with van der Waals surface area (Å²) < 4.78 is 5.37. The number of ether oxygens (including phenoxy) is 1. The normalized spacial score (nSPS) is 15.7. The molecule has 26 heavy (non-hydrogen) atoms. The van der Waals surface area contributed by atoms with Crippen molar-refractivity contribution in [3.05, 3.63) is 59.7 Å². The molecule has 1 aliphatic rings. The summed E-state index contributed by atoms with van der Waals surface area (Å²) in [5, 5.41) is 5.56. The molecule has 3 amide bonds. The van der Waals surface area contributed by atoms with E-state index in [1.165, 1.54) is 0 Å². The summed E-state index contributed by atoms with van der Waals surface area (Å²) in [4.78, 5) is 26.8. The molecule has 6 heteroatoms. The molecule has 2 N–H and O–H groups in total. The summed E-state index contributed by atoms with van der Waals surface area (Å²) in [5.74, 6) is -0.148. The molecule has 6 nitrogen and oxygen atoms in total. The number of hydrogen-bond acceptors (Lipinski definition) is 3. The van der Waals surface area contributed by atoms with Crippen LogP contribution in [-0.2, 0) is 9.53 Å². The first-order valence-corrected chi connectivity index (χ1v) is 8.72. The van der Waals surface area contributed by atoms with Crippen molar-refractivity contribution < 1.29 is 14.3 Å². The second kappa shape index (κ2) is 8.01. The van der Waals surface area contributed by atoms with Crippen LogP contribution in [0.15, 0.2) is 48.5 Å². The van der Waals surface area contributed by atoms with E-state index in [1.54, 1.807) is 4.90 Å². The summed E-state index contributed by atoms with van der Waals surface area (Å²) in [6.07, 6.45) is 0. The Labute approximate surface area is 153 Å². The monoisotopic (exact) mass is 353 g/mol. The summed E-state index contributed by atoms with van der Waals surface area (Å²) in [7, 11) is 0. The van der Waals surface area contributed by atoms with E-state index in [4.69, 9.17) is 4.74 Å². The Kier molecular flexibility index (Phi) is 5.53. The van der Waals surface area contributed by atoms with Gasteiger partial charge in [-0.1, -0.05) is 35.9 Å². The molecule has 0 fully saturated rings. The Morgan fingerprint density at radius 3 is 2.62 bits per heavy atom. The number of benzene rings is 2. The molecule has 0 saturated carbocycles. The summed E-state index contributed by atoms with van der Waals surface area (Å²) >= 11 is 0. The maximum absolute atomic E-state index is 12.8. The summed E-state index contributed by atoms with van der Waals surface area (Å²) in [6.45, 7) is 5.42. The fourth-order valence-electron chi connectivity index (χ4n) is 2.99. The third kappa shape index (κ3) is 3.86. The number of aryl methyl sites for hydroxylation is 1. The Morgan fingerprint density at radius 2 is 1.88 bits per heavy atom. The fourth-order valence-corrected chi connectivity index (χ4v) is 2.99. The predicted octanol–water partition coefficient (Wildman–Crippen LogP) is 3.24. The Bertz CT molecular complexity index is 789. The van der Waals surface area contributed by atoms with Crippen LogP contribution in [0.2, 0.25) is 0 Å². The number of carbonyl (C=O) groups excluding carboxylic acids is 2. The lowest BCUT2D eigenvalue weighted by molar-refractivity contribution is -0.119. The molecule has 0 bridgehead atoms. The molecule has 1 heterocycles. The Morgan fingerprint density at radius 1 is 1.15 bits per heavy atom. The van der Waals surface area contributed by atoms with Gasteiger partial charge in [-0.05, 0) is 32.0 Å². The van der Waals surface area contributed by atoms with Gasteiger partial charge in [-0.2, -0.15) is 0 Å². The van der Waals surface area contributed by atoms with Gasteiger partial charge in [0.2, 0.25) is 0 Å². The molecule has 1 aliphatic heterocycles. The van der Waals surface area contributed by atoms with E-state index in [9.17, 15) is 9.59 Å². The first-order chi connectivity index (χ1) is 12.6. The molecular weight excluding hydrogens is 330 g/mol. The zero-order valence-electron chi connectivity index (χ0n) is 15.0. The quantitative estimate of drug-likeness (QED) is 0.783. The van der Waals surface area contributed by atoms with E-state index in [2.05, 4.69) is 10.6 Å². The topological polar surface area (TPSA) is 70.7 Å². The number of anilines is 2. The molecule has 0 radical (unpaired) electrons. The highest BCUT2D eigenvalue weighted by Gasteiger charge is 2.37. The van der Waals surface area contributed by atoms with E-state index in [0.717, 1.165) is 16.8 Å². The second-order valence-electron chi connectivity index (χ2n) is 6.14. The molecule has 0 aromatic heterocycles. The third-order valence-electron chi connectivity index (χ3n) is 4.30. The highest BCUT2D eigenvalue weighted by Crippen LogP contribution is 2.35. The highest BCUT2D eigenvalue weighted by molar-refractivity contribution is 6.07. The van der Waals surface area contributed by atoms with E-state index < -0.39 is 12.1 Å². The van der Waals surface area contributed by atoms with Gasteiger partial charge in [0.15, 0.2) is 0 Å². The van der Waals surface area contributed by atoms with Gasteiger partial charge >= 0.3 is 6.03 Å². The molecule has 0 spiro atoms. The van der Waals surface area contributed by atoms with Crippen molar-refractivity contribution >= 4 is 23.3 Å². The maximum Gasteiger partial charge on any atom is 0.320 e. The summed E-state index contributed by atoms with van der Waals surface area (Å²) in [5.41, 5.74) is 3.41. The first-order valence-electron chi connectivity index (χ1n) is 8.72. The third-order valence-corrected chi connectivity index (χ3v) is 4.30. The predicted molar refractivity (Wildman–Crippen MR) is 101 cm³/mol. The number of rotatable bonds is 6. The van der Waals surface area contributed by atoms with Crippen molar-refractivity contribution in [1.29, 1.82) is 0 Å². The molecule has 2 aromatic carbocycles. The van der Waals surface area contributed by atoms with Gasteiger partial charge in [0, 0.05) is 30.1 Å². The van der Waals surface area contributed by atoms with E-state index in [1.807, 2.05) is 62.4 Å². The first kappa shape index (κ1) is 17.9. The van der Waals surface area contributed by atoms with Gasteiger partial charge in [0.25, 0.3) is 5.91 Å². The van der Waals surface area contributed by atoms with Crippen LogP contribution in [0.1, 0.15) is 24.1 Å². The van der Waals surface area contributed by atoms with Crippen molar-refractivity contribution in [2.45, 2.75) is 19.9 Å². The summed E-state index contributed by atoms with van der Waals surface area (Å²) in [6, 6.07) is 13.9. The average Bonchev–Trinajstić information content (AvgIpc) is 2.90. The zero-order valence-corrected chi connectivity index (χ0v) is 15.0. The number of urea groups is 1. The smallest absolute Gasteiger partial charge is 0.320 e. The Balaban J connectivity index is 1.71. The molecule has 136 valence electrons. The minimum atomic E-state index is -0.696. The minimum Gasteiger partial charge on any atom is -0.380 e. The van der Waals surface area contributed by atoms with E-state index >= 15 is 0 Å². The lowest BCUT2D eigenvalue weighted by atomic mass is 10.1. The molecule has 0 saturated heterocycles. The molecule has 0 aliphatic carbocycles. The maximum atomic E-state index is 12.8. The fraction of sp³-hybridized carbons (Fsp3) is 0.300. The largest absolute Gasteiger partial charge is 0.380 e. The van der Waals surface area contributed by atoms with Gasteiger partial charge in [-0.25, -0.2) is 4.79 Å². The van der Waals surface area contributed by atoms with Gasteiger partial charge < -0.3 is 20.3 Å². The van der Waals surface area contributed by atoms with Gasteiger partial charge in [-0.3, -0.25) is 4.79 Å².